The SMILES string of the molecule is C.CC(C)c1ncc(Cl)[nH]1. The van der Waals surface area contributed by atoms with Gasteiger partial charge in [0.05, 0.1) is 6.20 Å². The summed E-state index contributed by atoms with van der Waals surface area (Å²) in [5.74, 6) is 1.37. The minimum atomic E-state index is 0. The maximum absolute atomic E-state index is 5.59. The summed E-state index contributed by atoms with van der Waals surface area (Å²) in [6, 6.07) is 0. The van der Waals surface area contributed by atoms with E-state index in [-0.39, 0.29) is 7.43 Å². The van der Waals surface area contributed by atoms with Crippen molar-refractivity contribution in [1.29, 1.82) is 0 Å². The van der Waals surface area contributed by atoms with Crippen LogP contribution in [0.25, 0.3) is 0 Å². The third kappa shape index (κ3) is 2.03. The third-order valence-electron chi connectivity index (χ3n) is 1.11. The summed E-state index contributed by atoms with van der Waals surface area (Å²) in [4.78, 5) is 6.96. The molecule has 0 radical (unpaired) electrons. The number of halogens is 1. The molecule has 0 spiro atoms. The molecular formula is C7H13ClN2. The average molecular weight is 161 g/mol. The molecule has 0 saturated carbocycles. The molecule has 0 fully saturated rings. The summed E-state index contributed by atoms with van der Waals surface area (Å²) in [5, 5.41) is 0.610. The molecule has 0 aliphatic rings. The number of aromatic nitrogens is 2. The monoisotopic (exact) mass is 160 g/mol. The third-order valence-corrected chi connectivity index (χ3v) is 1.30. The Balaban J connectivity index is 0.000000810. The van der Waals surface area contributed by atoms with Crippen molar-refractivity contribution in [2.45, 2.75) is 27.2 Å². The molecule has 1 N–H and O–H groups in total. The van der Waals surface area contributed by atoms with Crippen molar-refractivity contribution in [2.75, 3.05) is 0 Å². The standard InChI is InChI=1S/C6H9ClN2.CH4/c1-4(2)6-8-3-5(7)9-6;/h3-4H,1-2H3,(H,8,9);1H4. The number of rotatable bonds is 1. The summed E-state index contributed by atoms with van der Waals surface area (Å²) in [7, 11) is 0. The predicted octanol–water partition coefficient (Wildman–Crippen LogP) is 2.82. The van der Waals surface area contributed by atoms with Crippen molar-refractivity contribution in [1.82, 2.24) is 9.97 Å². The molecule has 0 aliphatic carbocycles. The highest BCUT2D eigenvalue weighted by molar-refractivity contribution is 6.29. The Morgan fingerprint density at radius 3 is 2.40 bits per heavy atom. The molecular weight excluding hydrogens is 148 g/mol. The lowest BCUT2D eigenvalue weighted by Crippen LogP contribution is -1.88. The number of imidazole rings is 1. The summed E-state index contributed by atoms with van der Waals surface area (Å²) in [5.41, 5.74) is 0. The van der Waals surface area contributed by atoms with Crippen LogP contribution in [0.4, 0.5) is 0 Å². The second-order valence-electron chi connectivity index (χ2n) is 2.27. The first-order chi connectivity index (χ1) is 4.20. The lowest BCUT2D eigenvalue weighted by Gasteiger charge is -1.95. The van der Waals surface area contributed by atoms with E-state index in [1.165, 1.54) is 0 Å². The highest BCUT2D eigenvalue weighted by atomic mass is 35.5. The van der Waals surface area contributed by atoms with Gasteiger partial charge in [-0.2, -0.15) is 0 Å². The molecule has 2 nitrogen and oxygen atoms in total. The van der Waals surface area contributed by atoms with Gasteiger partial charge >= 0.3 is 0 Å². The molecule has 0 unspecified atom stereocenters. The average Bonchev–Trinajstić information content (AvgIpc) is 2.14. The highest BCUT2D eigenvalue weighted by Gasteiger charge is 2.01. The van der Waals surface area contributed by atoms with Crippen LogP contribution in [0.3, 0.4) is 0 Å². The number of H-pyrrole nitrogens is 1. The van der Waals surface area contributed by atoms with Gasteiger partial charge in [0, 0.05) is 5.92 Å². The van der Waals surface area contributed by atoms with Crippen LogP contribution in [-0.2, 0) is 0 Å². The van der Waals surface area contributed by atoms with E-state index in [0.29, 0.717) is 11.1 Å². The zero-order chi connectivity index (χ0) is 6.85. The van der Waals surface area contributed by atoms with E-state index in [1.807, 2.05) is 0 Å². The fraction of sp³-hybridized carbons (Fsp3) is 0.571. The second-order valence-corrected chi connectivity index (χ2v) is 2.68. The zero-order valence-electron chi connectivity index (χ0n) is 5.48. The maximum Gasteiger partial charge on any atom is 0.126 e. The van der Waals surface area contributed by atoms with E-state index in [4.69, 9.17) is 11.6 Å². The molecule has 58 valence electrons. The van der Waals surface area contributed by atoms with E-state index >= 15 is 0 Å². The van der Waals surface area contributed by atoms with Crippen molar-refractivity contribution >= 4 is 11.6 Å². The normalized spacial score (nSPS) is 9.60. The lowest BCUT2D eigenvalue weighted by atomic mass is 10.2. The van der Waals surface area contributed by atoms with Gasteiger partial charge in [-0.15, -0.1) is 0 Å². The molecule has 0 atom stereocenters. The molecule has 1 heterocycles. The highest BCUT2D eigenvalue weighted by Crippen LogP contribution is 2.11. The van der Waals surface area contributed by atoms with Crippen LogP contribution in [0.15, 0.2) is 6.20 Å². The first-order valence-corrected chi connectivity index (χ1v) is 3.28. The maximum atomic E-state index is 5.59. The van der Waals surface area contributed by atoms with Crippen molar-refractivity contribution in [2.24, 2.45) is 0 Å². The van der Waals surface area contributed by atoms with E-state index in [0.717, 1.165) is 5.82 Å². The number of nitrogens with one attached hydrogen (secondary N) is 1. The molecule has 10 heavy (non-hydrogen) atoms. The first kappa shape index (κ1) is 9.50. The number of nitrogens with zero attached hydrogens (tertiary/aromatic N) is 1. The Bertz CT molecular complexity index is 193. The van der Waals surface area contributed by atoms with Crippen molar-refractivity contribution in [3.8, 4) is 0 Å². The fourth-order valence-corrected chi connectivity index (χ4v) is 0.752. The van der Waals surface area contributed by atoms with Crippen LogP contribution in [0, 0.1) is 0 Å². The summed E-state index contributed by atoms with van der Waals surface area (Å²) in [6.45, 7) is 4.13. The van der Waals surface area contributed by atoms with Gasteiger partial charge in [-0.25, -0.2) is 4.98 Å². The van der Waals surface area contributed by atoms with E-state index < -0.39 is 0 Å². The summed E-state index contributed by atoms with van der Waals surface area (Å²) >= 11 is 5.59. The quantitative estimate of drug-likeness (QED) is 0.673. The van der Waals surface area contributed by atoms with Gasteiger partial charge in [-0.1, -0.05) is 32.9 Å². The summed E-state index contributed by atoms with van der Waals surface area (Å²) in [6.07, 6.45) is 1.62. The first-order valence-electron chi connectivity index (χ1n) is 2.90. The van der Waals surface area contributed by atoms with Gasteiger partial charge in [-0.05, 0) is 0 Å². The molecule has 0 aliphatic heterocycles. The van der Waals surface area contributed by atoms with Crippen LogP contribution < -0.4 is 0 Å². The van der Waals surface area contributed by atoms with Crippen LogP contribution in [0.1, 0.15) is 33.0 Å². The van der Waals surface area contributed by atoms with Gasteiger partial charge in [0.15, 0.2) is 0 Å². The van der Waals surface area contributed by atoms with Gasteiger partial charge in [-0.3, -0.25) is 0 Å². The van der Waals surface area contributed by atoms with E-state index in [9.17, 15) is 0 Å². The zero-order valence-corrected chi connectivity index (χ0v) is 6.24. The number of hydrogen-bond acceptors (Lipinski definition) is 1. The predicted molar refractivity (Wildman–Crippen MR) is 44.4 cm³/mol. The van der Waals surface area contributed by atoms with Crippen LogP contribution in [0.5, 0.6) is 0 Å². The topological polar surface area (TPSA) is 28.7 Å². The smallest absolute Gasteiger partial charge is 0.126 e. The second kappa shape index (κ2) is 3.62. The number of hydrogen-bond donors (Lipinski definition) is 1. The van der Waals surface area contributed by atoms with Gasteiger partial charge in [0.1, 0.15) is 11.0 Å². The van der Waals surface area contributed by atoms with Crippen LogP contribution >= 0.6 is 11.6 Å². The lowest BCUT2D eigenvalue weighted by molar-refractivity contribution is 0.794. The molecule has 1 aromatic heterocycles. The molecule has 1 aromatic rings. The van der Waals surface area contributed by atoms with Gasteiger partial charge < -0.3 is 4.98 Å². The van der Waals surface area contributed by atoms with E-state index in [2.05, 4.69) is 23.8 Å². The Labute approximate surface area is 66.6 Å². The van der Waals surface area contributed by atoms with Gasteiger partial charge in [0.25, 0.3) is 0 Å². The van der Waals surface area contributed by atoms with Crippen LogP contribution in [0.2, 0.25) is 5.15 Å². The Hall–Kier alpha value is -0.500. The molecule has 3 heteroatoms. The molecule has 0 bridgehead atoms. The molecule has 0 amide bonds. The fourth-order valence-electron chi connectivity index (χ4n) is 0.607. The summed E-state index contributed by atoms with van der Waals surface area (Å²) < 4.78 is 0. The van der Waals surface area contributed by atoms with Crippen molar-refractivity contribution in [3.63, 3.8) is 0 Å². The number of aromatic amines is 1. The van der Waals surface area contributed by atoms with Crippen LogP contribution in [-0.4, -0.2) is 9.97 Å². The van der Waals surface area contributed by atoms with Crippen molar-refractivity contribution < 1.29 is 0 Å². The molecule has 0 saturated heterocycles. The Kier molecular flexibility index (Phi) is 3.43. The Morgan fingerprint density at radius 2 is 2.20 bits per heavy atom. The van der Waals surface area contributed by atoms with Crippen molar-refractivity contribution in [3.05, 3.63) is 17.2 Å². The minimum Gasteiger partial charge on any atom is -0.333 e. The van der Waals surface area contributed by atoms with Gasteiger partial charge in [0.2, 0.25) is 0 Å². The van der Waals surface area contributed by atoms with E-state index in [1.54, 1.807) is 6.20 Å². The Morgan fingerprint density at radius 1 is 1.60 bits per heavy atom. The largest absolute Gasteiger partial charge is 0.333 e. The molecule has 1 rings (SSSR count). The molecule has 0 aromatic carbocycles. The minimum absolute atomic E-state index is 0.